The Bertz CT molecular complexity index is 1090. The summed E-state index contributed by atoms with van der Waals surface area (Å²) < 4.78 is 5.69. The summed E-state index contributed by atoms with van der Waals surface area (Å²) >= 11 is 0. The van der Waals surface area contributed by atoms with Gasteiger partial charge in [0.05, 0.1) is 19.1 Å². The Hall–Kier alpha value is -2.97. The molecule has 0 radical (unpaired) electrons. The average molecular weight is 537 g/mol. The summed E-state index contributed by atoms with van der Waals surface area (Å²) in [6, 6.07) is 11.7. The van der Waals surface area contributed by atoms with Gasteiger partial charge in [0.25, 0.3) is 0 Å². The number of fused-ring (bicyclic) bond motifs is 1. The second-order valence-corrected chi connectivity index (χ2v) is 11.2. The Morgan fingerprint density at radius 1 is 1.13 bits per heavy atom. The summed E-state index contributed by atoms with van der Waals surface area (Å²) in [6.07, 6.45) is 6.85. The van der Waals surface area contributed by atoms with Crippen LogP contribution >= 0.6 is 0 Å². The molecule has 39 heavy (non-hydrogen) atoms. The van der Waals surface area contributed by atoms with Gasteiger partial charge in [0.15, 0.2) is 0 Å². The molecule has 1 N–H and O–H groups in total. The number of carboxylic acids is 1. The van der Waals surface area contributed by atoms with Gasteiger partial charge in [-0.1, -0.05) is 31.5 Å². The van der Waals surface area contributed by atoms with Crippen molar-refractivity contribution in [2.75, 3.05) is 53.4 Å². The maximum absolute atomic E-state index is 13.7. The van der Waals surface area contributed by atoms with Gasteiger partial charge < -0.3 is 19.6 Å². The lowest BCUT2D eigenvalue weighted by atomic mass is 9.83. The van der Waals surface area contributed by atoms with Gasteiger partial charge in [-0.2, -0.15) is 0 Å². The van der Waals surface area contributed by atoms with Gasteiger partial charge in [0, 0.05) is 49.9 Å². The number of hydrogen-bond acceptors (Lipinski definition) is 6. The number of amides is 1. The molecule has 212 valence electrons. The lowest BCUT2D eigenvalue weighted by Crippen LogP contribution is -2.45. The number of benzene rings is 1. The van der Waals surface area contributed by atoms with E-state index >= 15 is 0 Å². The number of carboxylic acid groups (broad SMARTS) is 1. The summed E-state index contributed by atoms with van der Waals surface area (Å²) in [5, 5.41) is 10.5. The van der Waals surface area contributed by atoms with E-state index in [2.05, 4.69) is 27.8 Å². The standard InChI is InChI=1S/C31H44N4O4/c1-4-5-17-34(18-8-16-33(2)3)29(36)22-35-21-26(23-10-13-28-24(20-23)14-19-39-28)30(31(37)38)27(35)12-11-25-9-6-7-15-32-25/h6-7,9-10,13,15,20,26-27,30H,4-5,8,11-12,14,16-19,21-22H2,1-3H3,(H,37,38)/t26-,27+,30-/m1/s1. The van der Waals surface area contributed by atoms with Crippen molar-refractivity contribution in [2.45, 2.75) is 57.4 Å². The summed E-state index contributed by atoms with van der Waals surface area (Å²) in [4.78, 5) is 37.2. The summed E-state index contributed by atoms with van der Waals surface area (Å²) in [5.41, 5.74) is 3.11. The Morgan fingerprint density at radius 2 is 1.95 bits per heavy atom. The predicted octanol–water partition coefficient (Wildman–Crippen LogP) is 3.70. The van der Waals surface area contributed by atoms with E-state index in [-0.39, 0.29) is 24.4 Å². The van der Waals surface area contributed by atoms with Crippen LogP contribution in [0.5, 0.6) is 5.75 Å². The number of pyridine rings is 1. The second-order valence-electron chi connectivity index (χ2n) is 11.2. The molecule has 4 rings (SSSR count). The first-order valence-corrected chi connectivity index (χ1v) is 14.4. The minimum absolute atomic E-state index is 0.0946. The van der Waals surface area contributed by atoms with E-state index < -0.39 is 11.9 Å². The Morgan fingerprint density at radius 3 is 2.67 bits per heavy atom. The van der Waals surface area contributed by atoms with Gasteiger partial charge in [0.1, 0.15) is 5.75 Å². The molecule has 0 saturated carbocycles. The molecule has 2 aliphatic rings. The number of carbonyl (C=O) groups excluding carboxylic acids is 1. The van der Waals surface area contributed by atoms with Crippen molar-refractivity contribution in [2.24, 2.45) is 5.92 Å². The predicted molar refractivity (Wildman–Crippen MR) is 152 cm³/mol. The highest BCUT2D eigenvalue weighted by atomic mass is 16.5. The minimum Gasteiger partial charge on any atom is -0.493 e. The smallest absolute Gasteiger partial charge is 0.308 e. The third-order valence-corrected chi connectivity index (χ3v) is 8.10. The van der Waals surface area contributed by atoms with E-state index in [1.807, 2.05) is 49.3 Å². The van der Waals surface area contributed by atoms with Crippen LogP contribution in [0.3, 0.4) is 0 Å². The van der Waals surface area contributed by atoms with Crippen LogP contribution in [0, 0.1) is 5.92 Å². The van der Waals surface area contributed by atoms with E-state index in [1.54, 1.807) is 6.20 Å². The number of rotatable bonds is 14. The highest BCUT2D eigenvalue weighted by molar-refractivity contribution is 5.79. The van der Waals surface area contributed by atoms with Gasteiger partial charge in [-0.05, 0) is 75.6 Å². The van der Waals surface area contributed by atoms with Crippen LogP contribution in [-0.4, -0.2) is 96.1 Å². The number of hydrogen-bond donors (Lipinski definition) is 1. The van der Waals surface area contributed by atoms with Crippen molar-refractivity contribution in [3.05, 3.63) is 59.4 Å². The average Bonchev–Trinajstić information content (AvgIpc) is 3.54. The summed E-state index contributed by atoms with van der Waals surface area (Å²) in [6.45, 7) is 5.99. The molecule has 2 aromatic rings. The monoisotopic (exact) mass is 536 g/mol. The number of unbranched alkanes of at least 4 members (excludes halogenated alkanes) is 1. The zero-order valence-electron chi connectivity index (χ0n) is 23.7. The van der Waals surface area contributed by atoms with Crippen LogP contribution in [0.1, 0.15) is 55.3 Å². The zero-order chi connectivity index (χ0) is 27.8. The van der Waals surface area contributed by atoms with Crippen molar-refractivity contribution in [1.82, 2.24) is 19.7 Å². The number of aryl methyl sites for hydroxylation is 1. The summed E-state index contributed by atoms with van der Waals surface area (Å²) in [5.74, 6) is -0.595. The molecule has 1 aromatic carbocycles. The fourth-order valence-corrected chi connectivity index (χ4v) is 6.03. The topological polar surface area (TPSA) is 86.2 Å². The fraction of sp³-hybridized carbons (Fsp3) is 0.581. The second kappa shape index (κ2) is 13.9. The first-order valence-electron chi connectivity index (χ1n) is 14.4. The molecule has 3 atom stereocenters. The molecule has 8 nitrogen and oxygen atoms in total. The lowest BCUT2D eigenvalue weighted by molar-refractivity contribution is -0.143. The molecule has 1 amide bonds. The first kappa shape index (κ1) is 29.0. The SMILES string of the molecule is CCCCN(CCCN(C)C)C(=O)CN1C[C@H](c2ccc3c(c2)CCO3)[C@@H](C(=O)O)[C@@H]1CCc1ccccn1. The summed E-state index contributed by atoms with van der Waals surface area (Å²) in [7, 11) is 4.10. The van der Waals surface area contributed by atoms with Crippen molar-refractivity contribution >= 4 is 11.9 Å². The number of aliphatic carboxylic acids is 1. The van der Waals surface area contributed by atoms with Gasteiger partial charge in [0.2, 0.25) is 5.91 Å². The van der Waals surface area contributed by atoms with E-state index in [9.17, 15) is 14.7 Å². The minimum atomic E-state index is -0.799. The number of likely N-dealkylation sites (tertiary alicyclic amines) is 1. The number of ether oxygens (including phenoxy) is 1. The molecule has 0 unspecified atom stereocenters. The van der Waals surface area contributed by atoms with Crippen LogP contribution < -0.4 is 4.74 Å². The highest BCUT2D eigenvalue weighted by Gasteiger charge is 2.47. The molecule has 8 heteroatoms. The fourth-order valence-electron chi connectivity index (χ4n) is 6.03. The molecular formula is C31H44N4O4. The molecular weight excluding hydrogens is 492 g/mol. The van der Waals surface area contributed by atoms with E-state index in [4.69, 9.17) is 4.74 Å². The largest absolute Gasteiger partial charge is 0.493 e. The normalized spacial score (nSPS) is 20.7. The molecule has 2 aliphatic heterocycles. The van der Waals surface area contributed by atoms with E-state index in [0.29, 0.717) is 26.0 Å². The van der Waals surface area contributed by atoms with Gasteiger partial charge in [-0.15, -0.1) is 0 Å². The molecule has 1 aromatic heterocycles. The molecule has 3 heterocycles. The van der Waals surface area contributed by atoms with Crippen molar-refractivity contribution in [3.63, 3.8) is 0 Å². The van der Waals surface area contributed by atoms with Crippen LogP contribution in [0.15, 0.2) is 42.6 Å². The Labute approximate surface area is 233 Å². The quantitative estimate of drug-likeness (QED) is 0.394. The first-order chi connectivity index (χ1) is 18.9. The van der Waals surface area contributed by atoms with Crippen LogP contribution in [0.25, 0.3) is 0 Å². The third-order valence-electron chi connectivity index (χ3n) is 8.10. The zero-order valence-corrected chi connectivity index (χ0v) is 23.7. The molecule has 0 spiro atoms. The lowest BCUT2D eigenvalue weighted by Gasteiger charge is -2.30. The highest BCUT2D eigenvalue weighted by Crippen LogP contribution is 2.41. The van der Waals surface area contributed by atoms with Crippen LogP contribution in [0.2, 0.25) is 0 Å². The Kier molecular flexibility index (Phi) is 10.3. The number of aromatic nitrogens is 1. The van der Waals surface area contributed by atoms with Gasteiger partial charge in [-0.25, -0.2) is 0 Å². The van der Waals surface area contributed by atoms with Crippen molar-refractivity contribution < 1.29 is 19.4 Å². The number of carbonyl (C=O) groups is 2. The number of nitrogens with zero attached hydrogens (tertiary/aromatic N) is 4. The van der Waals surface area contributed by atoms with Gasteiger partial charge in [-0.3, -0.25) is 19.5 Å². The molecule has 0 bridgehead atoms. The van der Waals surface area contributed by atoms with Crippen LogP contribution in [0.4, 0.5) is 0 Å². The van der Waals surface area contributed by atoms with Gasteiger partial charge >= 0.3 is 5.97 Å². The molecule has 1 fully saturated rings. The molecule has 1 saturated heterocycles. The van der Waals surface area contributed by atoms with Crippen molar-refractivity contribution in [1.29, 1.82) is 0 Å². The van der Waals surface area contributed by atoms with E-state index in [1.165, 1.54) is 0 Å². The maximum Gasteiger partial charge on any atom is 0.308 e. The molecule has 0 aliphatic carbocycles. The van der Waals surface area contributed by atoms with E-state index in [0.717, 1.165) is 67.9 Å². The maximum atomic E-state index is 13.7. The Balaban J connectivity index is 1.56. The van der Waals surface area contributed by atoms with Crippen LogP contribution in [-0.2, 0) is 22.4 Å². The van der Waals surface area contributed by atoms with Crippen molar-refractivity contribution in [3.8, 4) is 5.75 Å². The third kappa shape index (κ3) is 7.57.